The Balaban J connectivity index is 4.16. The van der Waals surface area contributed by atoms with E-state index in [1.807, 2.05) is 19.6 Å². The summed E-state index contributed by atoms with van der Waals surface area (Å²) in [6.45, 7) is 12.6. The zero-order chi connectivity index (χ0) is 12.3. The Bertz CT molecular complexity index is 255. The lowest BCUT2D eigenvalue weighted by Gasteiger charge is -2.28. The summed E-state index contributed by atoms with van der Waals surface area (Å²) in [5.74, 6) is -0.484. The first-order valence-electron chi connectivity index (χ1n) is 4.79. The summed E-state index contributed by atoms with van der Waals surface area (Å²) in [5.41, 5.74) is 0.327. The summed E-state index contributed by atoms with van der Waals surface area (Å²) in [6, 6.07) is 0. The van der Waals surface area contributed by atoms with Crippen LogP contribution >= 0.6 is 0 Å². The Morgan fingerprint density at radius 2 is 1.80 bits per heavy atom. The van der Waals surface area contributed by atoms with Crippen molar-refractivity contribution < 1.29 is 18.4 Å². The number of carbonyl (C=O) groups is 1. The predicted octanol–water partition coefficient (Wildman–Crippen LogP) is 1.56. The van der Waals surface area contributed by atoms with E-state index in [0.717, 1.165) is 0 Å². The maximum Gasteiger partial charge on any atom is 0.361 e. The second-order valence-electron chi connectivity index (χ2n) is 4.75. The van der Waals surface area contributed by atoms with Gasteiger partial charge in [-0.15, -0.1) is 0 Å². The van der Waals surface area contributed by atoms with E-state index < -0.39 is 22.8 Å². The van der Waals surface area contributed by atoms with Crippen molar-refractivity contribution in [1.82, 2.24) is 0 Å². The van der Waals surface area contributed by atoms with Gasteiger partial charge in [0.2, 0.25) is 0 Å². The molecule has 0 aliphatic rings. The van der Waals surface area contributed by atoms with Crippen LogP contribution in [-0.4, -0.2) is 33.9 Å². The van der Waals surface area contributed by atoms with Crippen LogP contribution in [0.15, 0.2) is 12.2 Å². The van der Waals surface area contributed by atoms with Gasteiger partial charge < -0.3 is 13.6 Å². The third-order valence-corrected chi connectivity index (χ3v) is 6.23. The first-order valence-corrected chi connectivity index (χ1v) is 10.8. The molecule has 6 heteroatoms. The average molecular weight is 248 g/mol. The van der Waals surface area contributed by atoms with Gasteiger partial charge in [0, 0.05) is 5.57 Å². The zero-order valence-corrected chi connectivity index (χ0v) is 12.1. The van der Waals surface area contributed by atoms with Gasteiger partial charge in [-0.3, -0.25) is 0 Å². The van der Waals surface area contributed by atoms with E-state index >= 15 is 0 Å². The highest BCUT2D eigenvalue weighted by Gasteiger charge is 2.34. The van der Waals surface area contributed by atoms with Gasteiger partial charge in [0.1, 0.15) is 6.23 Å². The summed E-state index contributed by atoms with van der Waals surface area (Å²) >= 11 is 0. The van der Waals surface area contributed by atoms with Crippen molar-refractivity contribution in [2.24, 2.45) is 0 Å². The predicted molar refractivity (Wildman–Crippen MR) is 64.0 cm³/mol. The van der Waals surface area contributed by atoms with Gasteiger partial charge in [-0.25, -0.2) is 4.79 Å². The van der Waals surface area contributed by atoms with Crippen molar-refractivity contribution in [2.45, 2.75) is 33.1 Å². The molecule has 0 heterocycles. The molecule has 0 fully saturated rings. The lowest BCUT2D eigenvalue weighted by molar-refractivity contribution is -0.137. The molecule has 0 amide bonds. The first-order chi connectivity index (χ1) is 6.53. The van der Waals surface area contributed by atoms with E-state index in [1.54, 1.807) is 13.5 Å². The van der Waals surface area contributed by atoms with Gasteiger partial charge in [-0.1, -0.05) is 6.58 Å². The van der Waals surface area contributed by atoms with Crippen LogP contribution in [0.1, 0.15) is 6.92 Å². The monoisotopic (exact) mass is 248 g/mol. The molecule has 0 radical (unpaired) electrons. The highest BCUT2D eigenvalue weighted by atomic mass is 28.4. The van der Waals surface area contributed by atoms with Crippen molar-refractivity contribution in [3.05, 3.63) is 12.2 Å². The fourth-order valence-corrected chi connectivity index (χ4v) is 6.92. The molecule has 0 aromatic carbocycles. The molecule has 1 N–H and O–H groups in total. The molecule has 0 aromatic rings. The van der Waals surface area contributed by atoms with Crippen LogP contribution in [0.2, 0.25) is 26.2 Å². The minimum Gasteiger partial charge on any atom is -0.460 e. The summed E-state index contributed by atoms with van der Waals surface area (Å²) in [6.07, 6.45) is -0.0387. The molecule has 0 saturated heterocycles. The highest BCUT2D eigenvalue weighted by molar-refractivity contribution is 6.81. The van der Waals surface area contributed by atoms with E-state index in [2.05, 4.69) is 6.58 Å². The molecule has 1 unspecified atom stereocenters. The number of rotatable bonds is 5. The molecule has 88 valence electrons. The smallest absolute Gasteiger partial charge is 0.361 e. The Morgan fingerprint density at radius 1 is 1.33 bits per heavy atom. The number of esters is 1. The second-order valence-corrected chi connectivity index (χ2v) is 12.4. The van der Waals surface area contributed by atoms with E-state index in [0.29, 0.717) is 5.57 Å². The molecule has 15 heavy (non-hydrogen) atoms. The SMILES string of the molecule is C=C(C)C(=O)OC[Si](C)(O)O[Si](C)(C)C. The van der Waals surface area contributed by atoms with E-state index in [1.165, 1.54) is 0 Å². The molecular weight excluding hydrogens is 228 g/mol. The van der Waals surface area contributed by atoms with Gasteiger partial charge >= 0.3 is 14.5 Å². The van der Waals surface area contributed by atoms with Crippen LogP contribution in [0.4, 0.5) is 0 Å². The summed E-state index contributed by atoms with van der Waals surface area (Å²) in [4.78, 5) is 21.0. The third-order valence-electron chi connectivity index (χ3n) is 1.35. The number of hydrogen-bond donors (Lipinski definition) is 1. The lowest BCUT2D eigenvalue weighted by Crippen LogP contribution is -2.49. The van der Waals surface area contributed by atoms with Crippen LogP contribution in [-0.2, 0) is 13.6 Å². The number of carbonyl (C=O) groups excluding carboxylic acids is 1. The number of ether oxygens (including phenoxy) is 1. The lowest BCUT2D eigenvalue weighted by atomic mass is 10.4. The zero-order valence-electron chi connectivity index (χ0n) is 10.1. The summed E-state index contributed by atoms with van der Waals surface area (Å²) in [5, 5.41) is 0. The second kappa shape index (κ2) is 5.06. The Hall–Kier alpha value is -0.436. The topological polar surface area (TPSA) is 55.8 Å². The Labute approximate surface area is 93.3 Å². The van der Waals surface area contributed by atoms with Gasteiger partial charge in [-0.2, -0.15) is 0 Å². The van der Waals surface area contributed by atoms with Crippen molar-refractivity contribution in [3.63, 3.8) is 0 Å². The molecule has 0 spiro atoms. The number of hydrogen-bond acceptors (Lipinski definition) is 4. The van der Waals surface area contributed by atoms with Crippen LogP contribution in [0.5, 0.6) is 0 Å². The van der Waals surface area contributed by atoms with Crippen molar-refractivity contribution in [3.8, 4) is 0 Å². The molecule has 0 aliphatic heterocycles. The van der Waals surface area contributed by atoms with Crippen LogP contribution < -0.4 is 0 Å². The Kier molecular flexibility index (Phi) is 4.92. The Morgan fingerprint density at radius 3 is 2.13 bits per heavy atom. The van der Waals surface area contributed by atoms with Crippen LogP contribution in [0.25, 0.3) is 0 Å². The first kappa shape index (κ1) is 14.6. The molecule has 0 saturated carbocycles. The van der Waals surface area contributed by atoms with Crippen molar-refractivity contribution >= 4 is 22.8 Å². The van der Waals surface area contributed by atoms with Crippen molar-refractivity contribution in [1.29, 1.82) is 0 Å². The molecule has 0 rings (SSSR count). The van der Waals surface area contributed by atoms with Crippen molar-refractivity contribution in [2.75, 3.05) is 6.23 Å². The van der Waals surface area contributed by atoms with Gasteiger partial charge in [-0.05, 0) is 33.1 Å². The fraction of sp³-hybridized carbons (Fsp3) is 0.667. The molecule has 4 nitrogen and oxygen atoms in total. The molecule has 0 bridgehead atoms. The van der Waals surface area contributed by atoms with E-state index in [9.17, 15) is 9.59 Å². The molecule has 0 aromatic heterocycles. The molecule has 0 aliphatic carbocycles. The summed E-state index contributed by atoms with van der Waals surface area (Å²) in [7, 11) is -4.66. The maximum atomic E-state index is 11.1. The largest absolute Gasteiger partial charge is 0.460 e. The van der Waals surface area contributed by atoms with E-state index in [4.69, 9.17) is 8.85 Å². The molecular formula is C9H20O4Si2. The fourth-order valence-electron chi connectivity index (χ4n) is 1.01. The van der Waals surface area contributed by atoms with Gasteiger partial charge in [0.25, 0.3) is 0 Å². The quantitative estimate of drug-likeness (QED) is 0.456. The molecule has 1 atom stereocenters. The van der Waals surface area contributed by atoms with E-state index in [-0.39, 0.29) is 6.23 Å². The van der Waals surface area contributed by atoms with Gasteiger partial charge in [0.05, 0.1) is 0 Å². The summed E-state index contributed by atoms with van der Waals surface area (Å²) < 4.78 is 10.5. The van der Waals surface area contributed by atoms with Crippen LogP contribution in [0.3, 0.4) is 0 Å². The average Bonchev–Trinajstić information content (AvgIpc) is 1.95. The minimum absolute atomic E-state index is 0.0387. The van der Waals surface area contributed by atoms with Crippen LogP contribution in [0, 0.1) is 0 Å². The third kappa shape index (κ3) is 7.49. The normalized spacial score (nSPS) is 15.6. The highest BCUT2D eigenvalue weighted by Crippen LogP contribution is 2.12. The van der Waals surface area contributed by atoms with Gasteiger partial charge in [0.15, 0.2) is 8.32 Å². The maximum absolute atomic E-state index is 11.1. The minimum atomic E-state index is -2.87. The standard InChI is InChI=1S/C9H20O4Si2/c1-8(2)9(10)12-7-15(6,11)13-14(3,4)5/h11H,1,7H2,2-6H3.